The zero-order valence-corrected chi connectivity index (χ0v) is 20.8. The number of carbonyl (C=O) groups is 6. The number of amides is 2. The predicted molar refractivity (Wildman–Crippen MR) is 125 cm³/mol. The van der Waals surface area contributed by atoms with E-state index in [4.69, 9.17) is 14.2 Å². The summed E-state index contributed by atoms with van der Waals surface area (Å²) in [4.78, 5) is 79.8. The van der Waals surface area contributed by atoms with Gasteiger partial charge in [0.1, 0.15) is 34.9 Å². The number of fused-ring (bicyclic) bond motifs is 2. The maximum Gasteiger partial charge on any atom is 0.326 e. The third kappa shape index (κ3) is 5.73. The molecule has 0 N–H and O–H groups in total. The second-order valence-electron chi connectivity index (χ2n) is 9.31. The van der Waals surface area contributed by atoms with E-state index in [0.717, 1.165) is 6.92 Å². The highest BCUT2D eigenvalue weighted by Gasteiger charge is 2.44. The average Bonchev–Trinajstić information content (AvgIpc) is 2.73. The number of ketones is 2. The normalized spacial score (nSPS) is 16.7. The molecule has 0 fully saturated rings. The second-order valence-corrected chi connectivity index (χ2v) is 9.31. The highest BCUT2D eigenvalue weighted by atomic mass is 16.6. The van der Waals surface area contributed by atoms with Gasteiger partial charge in [0.2, 0.25) is 5.91 Å². The van der Waals surface area contributed by atoms with Gasteiger partial charge in [-0.3, -0.25) is 33.7 Å². The van der Waals surface area contributed by atoms with E-state index in [-0.39, 0.29) is 40.9 Å². The van der Waals surface area contributed by atoms with E-state index in [0.29, 0.717) is 4.90 Å². The fourth-order valence-electron chi connectivity index (χ4n) is 3.68. The van der Waals surface area contributed by atoms with Gasteiger partial charge in [-0.2, -0.15) is 0 Å². The van der Waals surface area contributed by atoms with Crippen molar-refractivity contribution < 1.29 is 43.0 Å². The molecule has 0 saturated carbocycles. The number of Topliss-reactive ketones (excluding diaryl/α,β-unsaturated/α-hetero) is 2. The fraction of sp³-hybridized carbons (Fsp3) is 0.400. The summed E-state index contributed by atoms with van der Waals surface area (Å²) in [5, 5.41) is 0. The van der Waals surface area contributed by atoms with Crippen LogP contribution in [0.25, 0.3) is 0 Å². The lowest BCUT2D eigenvalue weighted by Gasteiger charge is -2.31. The summed E-state index contributed by atoms with van der Waals surface area (Å²) in [5.74, 6) is -5.48. The third-order valence-electron chi connectivity index (χ3n) is 5.14. The number of esters is 2. The minimum Gasteiger partial charge on any atom is -0.459 e. The molecule has 0 aromatic heterocycles. The molecule has 1 heterocycles. The Morgan fingerprint density at radius 2 is 1.78 bits per heavy atom. The number of nitrogens with zero attached hydrogens (tertiary/aromatic N) is 2. The van der Waals surface area contributed by atoms with Crippen molar-refractivity contribution in [2.75, 3.05) is 6.54 Å². The van der Waals surface area contributed by atoms with Crippen LogP contribution in [-0.2, 0) is 33.5 Å². The van der Waals surface area contributed by atoms with Crippen molar-refractivity contribution in [2.24, 2.45) is 10.9 Å². The quantitative estimate of drug-likeness (QED) is 0.339. The Labute approximate surface area is 207 Å². The zero-order chi connectivity index (χ0) is 26.9. The molecule has 1 atom stereocenters. The van der Waals surface area contributed by atoms with Crippen LogP contribution in [0, 0.1) is 5.92 Å². The van der Waals surface area contributed by atoms with Crippen molar-refractivity contribution in [1.82, 2.24) is 4.90 Å². The predicted octanol–water partition coefficient (Wildman–Crippen LogP) is 2.23. The molecule has 1 aliphatic carbocycles. The lowest BCUT2D eigenvalue weighted by atomic mass is 9.82. The van der Waals surface area contributed by atoms with Gasteiger partial charge in [-0.1, -0.05) is 0 Å². The lowest BCUT2D eigenvalue weighted by Crippen LogP contribution is -2.46. The Morgan fingerprint density at radius 1 is 1.11 bits per heavy atom. The molecule has 11 heteroatoms. The Morgan fingerprint density at radius 3 is 2.33 bits per heavy atom. The Kier molecular flexibility index (Phi) is 7.23. The number of aliphatic imine (C=N–C) groups is 1. The van der Waals surface area contributed by atoms with Gasteiger partial charge in [-0.05, 0) is 39.8 Å². The van der Waals surface area contributed by atoms with Gasteiger partial charge in [0.25, 0.3) is 5.91 Å². The molecular formula is C25H26N2O9. The molecule has 1 unspecified atom stereocenters. The van der Waals surface area contributed by atoms with Gasteiger partial charge in [0, 0.05) is 26.3 Å². The molecule has 36 heavy (non-hydrogen) atoms. The Balaban J connectivity index is 2.10. The first kappa shape index (κ1) is 26.5. The first-order valence-electron chi connectivity index (χ1n) is 11.1. The molecular weight excluding hydrogens is 472 g/mol. The van der Waals surface area contributed by atoms with E-state index in [1.165, 1.54) is 32.0 Å². The summed E-state index contributed by atoms with van der Waals surface area (Å²) in [6, 6.07) is 4.32. The molecule has 11 nitrogen and oxygen atoms in total. The molecule has 3 rings (SSSR count). The number of ether oxygens (including phenoxy) is 3. The maximum absolute atomic E-state index is 13.4. The van der Waals surface area contributed by atoms with Crippen molar-refractivity contribution in [3.63, 3.8) is 0 Å². The first-order valence-corrected chi connectivity index (χ1v) is 11.1. The average molecular weight is 498 g/mol. The Bertz CT molecular complexity index is 1250. The number of allylic oxidation sites excluding steroid dienone is 1. The van der Waals surface area contributed by atoms with E-state index in [1.807, 2.05) is 0 Å². The van der Waals surface area contributed by atoms with Crippen LogP contribution in [0.1, 0.15) is 48.0 Å². The van der Waals surface area contributed by atoms with Gasteiger partial charge in [0.05, 0.1) is 11.6 Å². The number of hydrogen-bond donors (Lipinski definition) is 0. The molecule has 0 saturated heterocycles. The van der Waals surface area contributed by atoms with E-state index in [9.17, 15) is 28.8 Å². The maximum atomic E-state index is 13.4. The number of hydrogen-bond acceptors (Lipinski definition) is 10. The third-order valence-corrected chi connectivity index (χ3v) is 5.14. The van der Waals surface area contributed by atoms with Gasteiger partial charge >= 0.3 is 11.9 Å². The smallest absolute Gasteiger partial charge is 0.326 e. The van der Waals surface area contributed by atoms with Crippen LogP contribution in [0.4, 0.5) is 5.69 Å². The van der Waals surface area contributed by atoms with Gasteiger partial charge in [0.15, 0.2) is 17.3 Å². The first-order chi connectivity index (χ1) is 16.7. The summed E-state index contributed by atoms with van der Waals surface area (Å²) in [7, 11) is 0. The van der Waals surface area contributed by atoms with Crippen LogP contribution in [0.5, 0.6) is 11.5 Å². The van der Waals surface area contributed by atoms with Crippen molar-refractivity contribution in [3.05, 3.63) is 29.5 Å². The lowest BCUT2D eigenvalue weighted by molar-refractivity contribution is -0.161. The van der Waals surface area contributed by atoms with E-state index >= 15 is 0 Å². The minimum absolute atomic E-state index is 0.0546. The summed E-state index contributed by atoms with van der Waals surface area (Å²) in [5.41, 5.74) is -1.04. The van der Waals surface area contributed by atoms with Crippen LogP contribution in [0.3, 0.4) is 0 Å². The SMILES string of the molecule is CC(=O)Oc1ccc2c(c1)OC1=C(C(=O)N(CC(=O)OC(C)(C)C)C(C)=O)C(=O)CC(C(C)=O)C1=N2. The number of carbonyl (C=O) groups excluding carboxylic acids is 6. The monoisotopic (exact) mass is 498 g/mol. The highest BCUT2D eigenvalue weighted by molar-refractivity contribution is 6.32. The molecule has 2 amide bonds. The summed E-state index contributed by atoms with van der Waals surface area (Å²) < 4.78 is 16.1. The summed E-state index contributed by atoms with van der Waals surface area (Å²) in [6.07, 6.45) is -0.360. The van der Waals surface area contributed by atoms with Crippen molar-refractivity contribution in [3.8, 4) is 11.5 Å². The molecule has 1 aromatic carbocycles. The van der Waals surface area contributed by atoms with Crippen LogP contribution >= 0.6 is 0 Å². The standard InChI is InChI=1S/C25H26N2O9/c1-12(28)16-10-18(31)21(24(33)27(13(2)29)11-20(32)36-25(4,5)6)23-22(16)26-17-8-7-15(34-14(3)30)9-19(17)35-23/h7-9,16H,10-11H2,1-6H3. The van der Waals surface area contributed by atoms with E-state index in [1.54, 1.807) is 20.8 Å². The van der Waals surface area contributed by atoms with Gasteiger partial charge < -0.3 is 14.2 Å². The molecule has 190 valence electrons. The second kappa shape index (κ2) is 9.84. The van der Waals surface area contributed by atoms with E-state index in [2.05, 4.69) is 4.99 Å². The molecule has 2 aliphatic rings. The fourth-order valence-corrected chi connectivity index (χ4v) is 3.68. The molecule has 1 aliphatic heterocycles. The van der Waals surface area contributed by atoms with Crippen LogP contribution < -0.4 is 9.47 Å². The van der Waals surface area contributed by atoms with Crippen molar-refractivity contribution in [2.45, 2.75) is 53.6 Å². The highest BCUT2D eigenvalue weighted by Crippen LogP contribution is 2.41. The topological polar surface area (TPSA) is 146 Å². The summed E-state index contributed by atoms with van der Waals surface area (Å²) >= 11 is 0. The van der Waals surface area contributed by atoms with Gasteiger partial charge in [-0.25, -0.2) is 4.99 Å². The molecule has 1 aromatic rings. The van der Waals surface area contributed by atoms with E-state index < -0.39 is 53.2 Å². The van der Waals surface area contributed by atoms with Gasteiger partial charge in [-0.15, -0.1) is 0 Å². The molecule has 0 bridgehead atoms. The zero-order valence-electron chi connectivity index (χ0n) is 20.8. The number of rotatable bonds is 5. The Hall–Kier alpha value is -4.15. The molecule has 0 radical (unpaired) electrons. The van der Waals surface area contributed by atoms with Crippen molar-refractivity contribution in [1.29, 1.82) is 0 Å². The van der Waals surface area contributed by atoms with Crippen molar-refractivity contribution >= 4 is 46.7 Å². The van der Waals surface area contributed by atoms with Crippen LogP contribution in [0.15, 0.2) is 34.5 Å². The summed E-state index contributed by atoms with van der Waals surface area (Å²) in [6.45, 7) is 7.72. The number of imide groups is 1. The number of benzene rings is 1. The molecule has 0 spiro atoms. The largest absolute Gasteiger partial charge is 0.459 e. The van der Waals surface area contributed by atoms with Crippen LogP contribution in [-0.4, -0.2) is 58.1 Å². The minimum atomic E-state index is -1.08. The van der Waals surface area contributed by atoms with Crippen LogP contribution in [0.2, 0.25) is 0 Å².